The van der Waals surface area contributed by atoms with E-state index in [9.17, 15) is 18.8 Å². The van der Waals surface area contributed by atoms with Crippen molar-refractivity contribution in [2.75, 3.05) is 27.3 Å². The minimum atomic E-state index is -4.10. The molecule has 1 fully saturated rings. The maximum Gasteiger partial charge on any atom is 0.436 e. The molecule has 0 bridgehead atoms. The minimum Gasteiger partial charge on any atom is -0.319 e. The summed E-state index contributed by atoms with van der Waals surface area (Å²) in [5.74, 6) is 0. The van der Waals surface area contributed by atoms with Gasteiger partial charge < -0.3 is 9.42 Å². The lowest BCUT2D eigenvalue weighted by atomic mass is 10.7. The average molecular weight is 258 g/mol. The van der Waals surface area contributed by atoms with Crippen LogP contribution >= 0.6 is 15.9 Å². The number of hydrogen-bond donors (Lipinski definition) is 1. The Balaban J connectivity index is 2.81. The second-order valence-electron chi connectivity index (χ2n) is 2.70. The fraction of sp³-hybridized carbons (Fsp3) is 0.800. The number of nitrogens with zero attached hydrogens (tertiary/aromatic N) is 2. The molecule has 88 valence electrons. The lowest BCUT2D eigenvalue weighted by Gasteiger charge is -2.20. The zero-order chi connectivity index (χ0) is 11.6. The summed E-state index contributed by atoms with van der Waals surface area (Å²) in [4.78, 5) is 20.7. The lowest BCUT2D eigenvalue weighted by Crippen LogP contribution is -2.26. The van der Waals surface area contributed by atoms with Crippen molar-refractivity contribution in [1.29, 1.82) is 0 Å². The van der Waals surface area contributed by atoms with E-state index in [-0.39, 0.29) is 13.1 Å². The van der Waals surface area contributed by atoms with Crippen LogP contribution in [-0.2, 0) is 18.2 Å². The first kappa shape index (κ1) is 12.7. The summed E-state index contributed by atoms with van der Waals surface area (Å²) in [6.07, 6.45) is 0. The van der Waals surface area contributed by atoms with E-state index in [1.807, 2.05) is 0 Å². The summed E-state index contributed by atoms with van der Waals surface area (Å²) in [5, 5.41) is 0. The van der Waals surface area contributed by atoms with Gasteiger partial charge in [0.1, 0.15) is 0 Å². The van der Waals surface area contributed by atoms with E-state index in [0.717, 1.165) is 11.8 Å². The molecule has 0 aliphatic carbocycles. The van der Waals surface area contributed by atoms with Gasteiger partial charge in [0, 0.05) is 20.8 Å². The highest BCUT2D eigenvalue weighted by Crippen LogP contribution is 2.49. The lowest BCUT2D eigenvalue weighted by molar-refractivity contribution is 0.206. The molecule has 2 amide bonds. The van der Waals surface area contributed by atoms with Crippen molar-refractivity contribution in [3.63, 3.8) is 0 Å². The summed E-state index contributed by atoms with van der Waals surface area (Å²) in [7, 11) is -4.53. The second-order valence-corrected chi connectivity index (χ2v) is 6.01. The number of hydrogen-bond acceptors (Lipinski definition) is 5. The number of carbonyl (C=O) groups excluding carboxylic acids is 1. The fourth-order valence-electron chi connectivity index (χ4n) is 1.14. The van der Waals surface area contributed by atoms with Gasteiger partial charge >= 0.3 is 13.8 Å². The van der Waals surface area contributed by atoms with Crippen molar-refractivity contribution in [3.05, 3.63) is 0 Å². The van der Waals surface area contributed by atoms with Crippen LogP contribution in [0.3, 0.4) is 0 Å². The molecule has 2 unspecified atom stereocenters. The van der Waals surface area contributed by atoms with Gasteiger partial charge in [0.25, 0.3) is 8.18 Å². The predicted molar refractivity (Wildman–Crippen MR) is 51.7 cm³/mol. The maximum absolute atomic E-state index is 11.5. The number of urea groups is 1. The van der Waals surface area contributed by atoms with Gasteiger partial charge in [-0.05, 0) is 0 Å². The molecule has 0 saturated carbocycles. The molecule has 15 heavy (non-hydrogen) atoms. The summed E-state index contributed by atoms with van der Waals surface area (Å²) in [5.41, 5.74) is 0. The van der Waals surface area contributed by atoms with E-state index in [0.29, 0.717) is 4.67 Å². The zero-order valence-corrected chi connectivity index (χ0v) is 10.1. The molecule has 1 N–H and O–H groups in total. The highest BCUT2D eigenvalue weighted by Gasteiger charge is 2.42. The van der Waals surface area contributed by atoms with Crippen LogP contribution < -0.4 is 0 Å². The molecular weight excluding hydrogens is 246 g/mol. The Hall–Kier alpha value is -0.390. The number of carbonyl (C=O) groups is 1. The first-order chi connectivity index (χ1) is 6.94. The van der Waals surface area contributed by atoms with E-state index in [2.05, 4.69) is 9.05 Å². The van der Waals surface area contributed by atoms with Gasteiger partial charge in [-0.1, -0.05) is 0 Å². The Bertz CT molecular complexity index is 333. The van der Waals surface area contributed by atoms with Crippen LogP contribution in [0.1, 0.15) is 0 Å². The Morgan fingerprint density at radius 3 is 2.53 bits per heavy atom. The Labute approximate surface area is 87.3 Å². The van der Waals surface area contributed by atoms with Crippen molar-refractivity contribution < 1.29 is 27.9 Å². The van der Waals surface area contributed by atoms with Crippen molar-refractivity contribution >= 4 is 22.0 Å². The van der Waals surface area contributed by atoms with Crippen molar-refractivity contribution in [3.8, 4) is 0 Å². The molecule has 2 atom stereocenters. The fourth-order valence-corrected chi connectivity index (χ4v) is 2.87. The highest BCUT2D eigenvalue weighted by atomic mass is 31.2. The van der Waals surface area contributed by atoms with Gasteiger partial charge in [0.15, 0.2) is 0 Å². The van der Waals surface area contributed by atoms with Gasteiger partial charge in [-0.3, -0.25) is 13.8 Å². The Morgan fingerprint density at radius 1 is 1.47 bits per heavy atom. The van der Waals surface area contributed by atoms with Crippen molar-refractivity contribution in [2.24, 2.45) is 0 Å². The number of rotatable bonds is 4. The maximum atomic E-state index is 11.5. The summed E-state index contributed by atoms with van der Waals surface area (Å²) < 4.78 is 32.9. The first-order valence-electron chi connectivity index (χ1n) is 4.00. The first-order valence-corrected chi connectivity index (χ1v) is 6.79. The third kappa shape index (κ3) is 2.41. The standard InChI is InChI=1S/C5H12N2O6P2/c1-12-14(9)6-3-4-7(5(6)8)15(10,11)13-2/h14H,3-4H2,1-2H3,(H,10,11). The molecule has 1 aliphatic rings. The SMILES string of the molecule is CO[PH](=O)N1CCN(P(=O)(O)OC)C1=O. The van der Waals surface area contributed by atoms with Gasteiger partial charge in [-0.2, -0.15) is 0 Å². The van der Waals surface area contributed by atoms with Crippen LogP contribution in [-0.4, -0.2) is 47.6 Å². The van der Waals surface area contributed by atoms with Gasteiger partial charge in [-0.25, -0.2) is 14.0 Å². The van der Waals surface area contributed by atoms with Gasteiger partial charge in [0.05, 0.1) is 6.54 Å². The van der Waals surface area contributed by atoms with E-state index in [1.165, 1.54) is 7.11 Å². The van der Waals surface area contributed by atoms with E-state index >= 15 is 0 Å². The third-order valence-corrected chi connectivity index (χ3v) is 4.59. The second kappa shape index (κ2) is 4.63. The molecule has 10 heteroatoms. The van der Waals surface area contributed by atoms with Crippen LogP contribution in [0.25, 0.3) is 0 Å². The molecule has 0 aromatic carbocycles. The van der Waals surface area contributed by atoms with Crippen LogP contribution in [0.4, 0.5) is 4.79 Å². The van der Waals surface area contributed by atoms with Gasteiger partial charge in [0.2, 0.25) is 0 Å². The minimum absolute atomic E-state index is 0.0137. The van der Waals surface area contributed by atoms with Crippen LogP contribution in [0, 0.1) is 0 Å². The van der Waals surface area contributed by atoms with E-state index < -0.39 is 22.0 Å². The smallest absolute Gasteiger partial charge is 0.319 e. The zero-order valence-electron chi connectivity index (χ0n) is 8.24. The topological polar surface area (TPSA) is 96.4 Å². The van der Waals surface area contributed by atoms with Gasteiger partial charge in [-0.15, -0.1) is 0 Å². The molecule has 1 rings (SSSR count). The molecule has 1 heterocycles. The highest BCUT2D eigenvalue weighted by molar-refractivity contribution is 7.51. The van der Waals surface area contributed by atoms with E-state index in [4.69, 9.17) is 0 Å². The summed E-state index contributed by atoms with van der Waals surface area (Å²) >= 11 is 0. The molecule has 1 saturated heterocycles. The molecule has 0 aromatic rings. The number of amides is 2. The average Bonchev–Trinajstić information content (AvgIpc) is 2.59. The molecule has 0 aromatic heterocycles. The Kier molecular flexibility index (Phi) is 3.92. The van der Waals surface area contributed by atoms with Crippen molar-refractivity contribution in [2.45, 2.75) is 0 Å². The largest absolute Gasteiger partial charge is 0.436 e. The third-order valence-electron chi connectivity index (χ3n) is 1.93. The normalized spacial score (nSPS) is 23.0. The Morgan fingerprint density at radius 2 is 2.07 bits per heavy atom. The molecule has 0 spiro atoms. The quantitative estimate of drug-likeness (QED) is 0.738. The predicted octanol–water partition coefficient (Wildman–Crippen LogP) is 0.507. The van der Waals surface area contributed by atoms with Crippen molar-refractivity contribution in [1.82, 2.24) is 9.34 Å². The van der Waals surface area contributed by atoms with E-state index in [1.54, 1.807) is 0 Å². The van der Waals surface area contributed by atoms with Crippen LogP contribution in [0.5, 0.6) is 0 Å². The molecule has 8 nitrogen and oxygen atoms in total. The molecule has 1 aliphatic heterocycles. The molecule has 0 radical (unpaired) electrons. The summed E-state index contributed by atoms with van der Waals surface area (Å²) in [6.45, 7) is 0.0681. The van der Waals surface area contributed by atoms with Crippen LogP contribution in [0.15, 0.2) is 0 Å². The monoisotopic (exact) mass is 258 g/mol. The molecular formula is C5H12N2O6P2. The summed E-state index contributed by atoms with van der Waals surface area (Å²) in [6, 6.07) is -0.812. The van der Waals surface area contributed by atoms with Crippen LogP contribution in [0.2, 0.25) is 0 Å².